The average Bonchev–Trinajstić information content (AvgIpc) is 2.57. The lowest BCUT2D eigenvalue weighted by molar-refractivity contribution is 0.306. The first-order valence-electron chi connectivity index (χ1n) is 6.92. The van der Waals surface area contributed by atoms with Crippen molar-refractivity contribution < 1.29 is 4.74 Å². The highest BCUT2D eigenvalue weighted by Gasteiger charge is 2.14. The van der Waals surface area contributed by atoms with Crippen molar-refractivity contribution in [2.75, 3.05) is 0 Å². The molecule has 3 rings (SSSR count). The third-order valence-corrected chi connectivity index (χ3v) is 4.52. The number of rotatable bonds is 4. The van der Waals surface area contributed by atoms with Gasteiger partial charge in [0.05, 0.1) is 10.0 Å². The molecule has 0 aliphatic rings. The van der Waals surface area contributed by atoms with Crippen molar-refractivity contribution in [2.24, 2.45) is 0 Å². The van der Waals surface area contributed by atoms with Crippen LogP contribution in [-0.4, -0.2) is 4.98 Å². The Bertz CT molecular complexity index is 825. The molecular weight excluding hydrogens is 397 g/mol. The van der Waals surface area contributed by atoms with E-state index in [0.29, 0.717) is 28.1 Å². The van der Waals surface area contributed by atoms with E-state index in [1.807, 2.05) is 48.5 Å². The van der Waals surface area contributed by atoms with Crippen LogP contribution >= 0.6 is 39.1 Å². The van der Waals surface area contributed by atoms with E-state index >= 15 is 0 Å². The second kappa shape index (κ2) is 7.35. The van der Waals surface area contributed by atoms with Crippen LogP contribution in [0.3, 0.4) is 0 Å². The summed E-state index contributed by atoms with van der Waals surface area (Å²) in [6.07, 6.45) is 1.71. The van der Waals surface area contributed by atoms with Crippen LogP contribution in [-0.2, 0) is 6.61 Å². The third kappa shape index (κ3) is 3.86. The molecule has 0 spiro atoms. The van der Waals surface area contributed by atoms with Gasteiger partial charge in [-0.1, -0.05) is 65.7 Å². The van der Waals surface area contributed by atoms with E-state index in [-0.39, 0.29) is 0 Å². The number of nitrogens with zero attached hydrogens (tertiary/aromatic N) is 1. The quantitative estimate of drug-likeness (QED) is 0.498. The summed E-state index contributed by atoms with van der Waals surface area (Å²) in [5.74, 6) is 0.646. The van der Waals surface area contributed by atoms with Gasteiger partial charge in [-0.25, -0.2) is 0 Å². The predicted molar refractivity (Wildman–Crippen MR) is 98.2 cm³/mol. The summed E-state index contributed by atoms with van der Waals surface area (Å²) in [6, 6.07) is 17.3. The number of aromatic nitrogens is 1. The van der Waals surface area contributed by atoms with Crippen molar-refractivity contribution >= 4 is 39.1 Å². The molecule has 23 heavy (non-hydrogen) atoms. The van der Waals surface area contributed by atoms with E-state index in [9.17, 15) is 0 Å². The highest BCUT2D eigenvalue weighted by Crippen LogP contribution is 2.38. The van der Waals surface area contributed by atoms with Crippen LogP contribution in [0.25, 0.3) is 11.3 Å². The van der Waals surface area contributed by atoms with Gasteiger partial charge < -0.3 is 4.74 Å². The molecule has 0 aliphatic heterocycles. The van der Waals surface area contributed by atoms with Gasteiger partial charge in [0.1, 0.15) is 18.1 Å². The van der Waals surface area contributed by atoms with Gasteiger partial charge in [-0.15, -0.1) is 0 Å². The minimum Gasteiger partial charge on any atom is -0.487 e. The summed E-state index contributed by atoms with van der Waals surface area (Å²) in [4.78, 5) is 4.45. The molecule has 0 fully saturated rings. The molecule has 0 atom stereocenters. The van der Waals surface area contributed by atoms with Crippen molar-refractivity contribution in [2.45, 2.75) is 6.61 Å². The van der Waals surface area contributed by atoms with Gasteiger partial charge in [-0.2, -0.15) is 0 Å². The molecule has 0 bridgehead atoms. The summed E-state index contributed by atoms with van der Waals surface area (Å²) >= 11 is 15.9. The van der Waals surface area contributed by atoms with E-state index < -0.39 is 0 Å². The van der Waals surface area contributed by atoms with Crippen molar-refractivity contribution in [1.29, 1.82) is 0 Å². The molecule has 0 unspecified atom stereocenters. The molecule has 0 amide bonds. The highest BCUT2D eigenvalue weighted by atomic mass is 79.9. The lowest BCUT2D eigenvalue weighted by Gasteiger charge is -2.13. The minimum atomic E-state index is 0.449. The number of pyridine rings is 1. The van der Waals surface area contributed by atoms with Crippen LogP contribution in [0.4, 0.5) is 0 Å². The first kappa shape index (κ1) is 16.3. The molecule has 0 radical (unpaired) electrons. The largest absolute Gasteiger partial charge is 0.487 e. The Morgan fingerprint density at radius 3 is 2.57 bits per heavy atom. The normalized spacial score (nSPS) is 10.6. The SMILES string of the molecule is Clc1cccc(-c2ncc(Br)cc2OCc2ccccc2)c1Cl. The maximum absolute atomic E-state index is 6.32. The van der Waals surface area contributed by atoms with Crippen molar-refractivity contribution in [3.63, 3.8) is 0 Å². The zero-order chi connectivity index (χ0) is 16.2. The number of hydrogen-bond acceptors (Lipinski definition) is 2. The third-order valence-electron chi connectivity index (χ3n) is 3.26. The fourth-order valence-electron chi connectivity index (χ4n) is 2.16. The standard InChI is InChI=1S/C18H12BrCl2NO/c19-13-9-16(23-11-12-5-2-1-3-6-12)18(22-10-13)14-7-4-8-15(20)17(14)21/h1-10H,11H2. The van der Waals surface area contributed by atoms with Gasteiger partial charge in [0.15, 0.2) is 0 Å². The summed E-state index contributed by atoms with van der Waals surface area (Å²) in [7, 11) is 0. The lowest BCUT2D eigenvalue weighted by Crippen LogP contribution is -1.98. The van der Waals surface area contributed by atoms with Gasteiger partial charge in [0, 0.05) is 16.2 Å². The second-order valence-electron chi connectivity index (χ2n) is 4.88. The summed E-state index contributed by atoms with van der Waals surface area (Å²) in [6.45, 7) is 0.449. The molecule has 0 N–H and O–H groups in total. The molecule has 1 heterocycles. The second-order valence-corrected chi connectivity index (χ2v) is 6.58. The molecule has 2 nitrogen and oxygen atoms in total. The van der Waals surface area contributed by atoms with Crippen molar-refractivity contribution in [3.8, 4) is 17.0 Å². The number of benzene rings is 2. The van der Waals surface area contributed by atoms with Crippen LogP contribution in [0.1, 0.15) is 5.56 Å². The average molecular weight is 409 g/mol. The smallest absolute Gasteiger partial charge is 0.147 e. The van der Waals surface area contributed by atoms with Gasteiger partial charge in [-0.3, -0.25) is 4.98 Å². The van der Waals surface area contributed by atoms with Crippen LogP contribution in [0, 0.1) is 0 Å². The van der Waals surface area contributed by atoms with Crippen LogP contribution < -0.4 is 4.74 Å². The Morgan fingerprint density at radius 2 is 1.78 bits per heavy atom. The Morgan fingerprint density at radius 1 is 1.00 bits per heavy atom. The lowest BCUT2D eigenvalue weighted by atomic mass is 10.1. The topological polar surface area (TPSA) is 22.1 Å². The summed E-state index contributed by atoms with van der Waals surface area (Å²) in [5.41, 5.74) is 2.49. The maximum Gasteiger partial charge on any atom is 0.147 e. The Kier molecular flexibility index (Phi) is 5.21. The van der Waals surface area contributed by atoms with Gasteiger partial charge >= 0.3 is 0 Å². The Hall–Kier alpha value is -1.55. The molecule has 116 valence electrons. The van der Waals surface area contributed by atoms with Crippen molar-refractivity contribution in [1.82, 2.24) is 4.98 Å². The monoisotopic (exact) mass is 407 g/mol. The van der Waals surface area contributed by atoms with Crippen molar-refractivity contribution in [3.05, 3.63) is 80.9 Å². The molecule has 0 saturated heterocycles. The van der Waals surface area contributed by atoms with Crippen LogP contribution in [0.5, 0.6) is 5.75 Å². The van der Waals surface area contributed by atoms with Gasteiger partial charge in [0.2, 0.25) is 0 Å². The zero-order valence-corrected chi connectivity index (χ0v) is 15.1. The molecular formula is C18H12BrCl2NO. The molecule has 3 aromatic rings. The molecule has 0 saturated carbocycles. The van der Waals surface area contributed by atoms with E-state index in [4.69, 9.17) is 27.9 Å². The summed E-state index contributed by atoms with van der Waals surface area (Å²) < 4.78 is 6.79. The van der Waals surface area contributed by atoms with E-state index in [2.05, 4.69) is 20.9 Å². The summed E-state index contributed by atoms with van der Waals surface area (Å²) in [5, 5.41) is 0.955. The molecule has 5 heteroatoms. The van der Waals surface area contributed by atoms with Gasteiger partial charge in [-0.05, 0) is 33.6 Å². The highest BCUT2D eigenvalue weighted by molar-refractivity contribution is 9.10. The molecule has 0 aliphatic carbocycles. The zero-order valence-electron chi connectivity index (χ0n) is 12.0. The molecule has 2 aromatic carbocycles. The van der Waals surface area contributed by atoms with E-state index in [0.717, 1.165) is 15.6 Å². The fourth-order valence-corrected chi connectivity index (χ4v) is 2.86. The van der Waals surface area contributed by atoms with Gasteiger partial charge in [0.25, 0.3) is 0 Å². The maximum atomic E-state index is 6.32. The predicted octanol–water partition coefficient (Wildman–Crippen LogP) is 6.40. The number of hydrogen-bond donors (Lipinski definition) is 0. The minimum absolute atomic E-state index is 0.449. The first-order valence-corrected chi connectivity index (χ1v) is 8.46. The van der Waals surface area contributed by atoms with Crippen LogP contribution in [0.15, 0.2) is 65.3 Å². The number of ether oxygens (including phenoxy) is 1. The van der Waals surface area contributed by atoms with Crippen LogP contribution in [0.2, 0.25) is 10.0 Å². The van der Waals surface area contributed by atoms with E-state index in [1.165, 1.54) is 0 Å². The molecule has 1 aromatic heterocycles. The Balaban J connectivity index is 1.96. The fraction of sp³-hybridized carbons (Fsp3) is 0.0556. The first-order chi connectivity index (χ1) is 11.1. The van der Waals surface area contributed by atoms with E-state index in [1.54, 1.807) is 12.3 Å². The Labute approximate surface area is 153 Å². The number of halogens is 3.